The Hall–Kier alpha value is -2.06. The number of rotatable bonds is 5. The Kier molecular flexibility index (Phi) is 4.98. The van der Waals surface area contributed by atoms with Gasteiger partial charge in [0.15, 0.2) is 0 Å². The lowest BCUT2D eigenvalue weighted by Crippen LogP contribution is -1.94. The summed E-state index contributed by atoms with van der Waals surface area (Å²) in [6.45, 7) is 8.03. The van der Waals surface area contributed by atoms with E-state index in [1.165, 1.54) is 0 Å². The van der Waals surface area contributed by atoms with Crippen molar-refractivity contribution >= 4 is 6.08 Å². The Balaban J connectivity index is 2.63. The smallest absolute Gasteiger partial charge is 0.0241 e. The summed E-state index contributed by atoms with van der Waals surface area (Å²) in [5.41, 5.74) is 14.6. The molecule has 1 rings (SSSR count). The maximum atomic E-state index is 5.53. The summed E-state index contributed by atoms with van der Waals surface area (Å²) >= 11 is 0. The van der Waals surface area contributed by atoms with Gasteiger partial charge in [0.05, 0.1) is 0 Å². The Bertz CT molecular complexity index is 450. The summed E-state index contributed by atoms with van der Waals surface area (Å²) in [6, 6.07) is 8.08. The van der Waals surface area contributed by atoms with Gasteiger partial charge >= 0.3 is 0 Å². The standard InChI is InChI=1S/C15H18N2/c1-12(3-5-13(2)17)4-6-14-7-9-15(11-16)10-8-14/h3-10H,1-2,11,16-17H2/b5-3-,6-4+. The average Bonchev–Trinajstić information content (AvgIpc) is 2.34. The van der Waals surface area contributed by atoms with Crippen molar-refractivity contribution in [3.63, 3.8) is 0 Å². The van der Waals surface area contributed by atoms with Crippen molar-refractivity contribution in [2.24, 2.45) is 11.5 Å². The van der Waals surface area contributed by atoms with Gasteiger partial charge in [-0.15, -0.1) is 0 Å². The van der Waals surface area contributed by atoms with Crippen molar-refractivity contribution in [2.45, 2.75) is 6.54 Å². The topological polar surface area (TPSA) is 52.0 Å². The fourth-order valence-electron chi connectivity index (χ4n) is 1.24. The monoisotopic (exact) mass is 226 g/mol. The van der Waals surface area contributed by atoms with E-state index in [-0.39, 0.29) is 0 Å². The predicted molar refractivity (Wildman–Crippen MR) is 75.0 cm³/mol. The average molecular weight is 226 g/mol. The second kappa shape index (κ2) is 6.51. The molecule has 0 aliphatic carbocycles. The summed E-state index contributed by atoms with van der Waals surface area (Å²) in [6.07, 6.45) is 7.47. The molecule has 0 heterocycles. The lowest BCUT2D eigenvalue weighted by Gasteiger charge is -1.97. The Morgan fingerprint density at radius 2 is 1.71 bits per heavy atom. The third-order valence-electron chi connectivity index (χ3n) is 2.22. The minimum Gasteiger partial charge on any atom is -0.399 e. The normalized spacial score (nSPS) is 11.1. The van der Waals surface area contributed by atoms with E-state index in [1.54, 1.807) is 6.08 Å². The zero-order valence-electron chi connectivity index (χ0n) is 9.89. The quantitative estimate of drug-likeness (QED) is 0.758. The largest absolute Gasteiger partial charge is 0.399 e. The van der Waals surface area contributed by atoms with Crippen LogP contribution in [-0.2, 0) is 6.54 Å². The van der Waals surface area contributed by atoms with E-state index >= 15 is 0 Å². The highest BCUT2D eigenvalue weighted by molar-refractivity contribution is 5.54. The molecular weight excluding hydrogens is 208 g/mol. The lowest BCUT2D eigenvalue weighted by atomic mass is 10.1. The van der Waals surface area contributed by atoms with Crippen LogP contribution in [0, 0.1) is 0 Å². The van der Waals surface area contributed by atoms with Crippen molar-refractivity contribution in [1.29, 1.82) is 0 Å². The van der Waals surface area contributed by atoms with Crippen LogP contribution in [0.4, 0.5) is 0 Å². The van der Waals surface area contributed by atoms with E-state index < -0.39 is 0 Å². The number of hydrogen-bond acceptors (Lipinski definition) is 2. The van der Waals surface area contributed by atoms with Gasteiger partial charge in [0.25, 0.3) is 0 Å². The van der Waals surface area contributed by atoms with Crippen LogP contribution in [0.25, 0.3) is 6.08 Å². The summed E-state index contributed by atoms with van der Waals surface area (Å²) < 4.78 is 0. The molecular formula is C15H18N2. The second-order valence-electron chi connectivity index (χ2n) is 3.76. The van der Waals surface area contributed by atoms with E-state index in [4.69, 9.17) is 11.5 Å². The van der Waals surface area contributed by atoms with Gasteiger partial charge in [-0.2, -0.15) is 0 Å². The molecule has 0 aliphatic rings. The maximum Gasteiger partial charge on any atom is 0.0241 e. The van der Waals surface area contributed by atoms with Gasteiger partial charge in [-0.1, -0.05) is 55.7 Å². The van der Waals surface area contributed by atoms with Gasteiger partial charge in [0.1, 0.15) is 0 Å². The highest BCUT2D eigenvalue weighted by Gasteiger charge is 1.89. The molecule has 1 aromatic carbocycles. The van der Waals surface area contributed by atoms with E-state index in [1.807, 2.05) is 42.5 Å². The fourth-order valence-corrected chi connectivity index (χ4v) is 1.24. The van der Waals surface area contributed by atoms with Gasteiger partial charge < -0.3 is 11.5 Å². The SMILES string of the molecule is C=C(N)/C=C\C(=C)/C=C/c1ccc(CN)cc1. The zero-order valence-corrected chi connectivity index (χ0v) is 9.89. The first-order chi connectivity index (χ1) is 8.11. The molecule has 17 heavy (non-hydrogen) atoms. The molecule has 0 spiro atoms. The molecule has 2 nitrogen and oxygen atoms in total. The molecule has 0 atom stereocenters. The van der Waals surface area contributed by atoms with Gasteiger partial charge in [-0.3, -0.25) is 0 Å². The van der Waals surface area contributed by atoms with Crippen LogP contribution in [0.1, 0.15) is 11.1 Å². The highest BCUT2D eigenvalue weighted by Crippen LogP contribution is 2.07. The first kappa shape index (κ1) is 13.0. The van der Waals surface area contributed by atoms with E-state index in [9.17, 15) is 0 Å². The van der Waals surface area contributed by atoms with Crippen molar-refractivity contribution in [3.8, 4) is 0 Å². The van der Waals surface area contributed by atoms with Gasteiger partial charge in [-0.25, -0.2) is 0 Å². The molecule has 0 saturated heterocycles. The Morgan fingerprint density at radius 1 is 1.06 bits per heavy atom. The number of nitrogens with two attached hydrogens (primary N) is 2. The van der Waals surface area contributed by atoms with Crippen molar-refractivity contribution in [3.05, 3.63) is 78.0 Å². The molecule has 0 aliphatic heterocycles. The Labute approximate surface area is 103 Å². The molecule has 0 aromatic heterocycles. The van der Waals surface area contributed by atoms with E-state index in [2.05, 4.69) is 13.2 Å². The molecule has 0 unspecified atom stereocenters. The molecule has 88 valence electrons. The van der Waals surface area contributed by atoms with Crippen molar-refractivity contribution < 1.29 is 0 Å². The molecule has 0 saturated carbocycles. The van der Waals surface area contributed by atoms with Gasteiger partial charge in [0.2, 0.25) is 0 Å². The van der Waals surface area contributed by atoms with E-state index in [0.717, 1.165) is 16.7 Å². The summed E-state index contributed by atoms with van der Waals surface area (Å²) in [5, 5.41) is 0. The minimum absolute atomic E-state index is 0.520. The third-order valence-corrected chi connectivity index (χ3v) is 2.22. The van der Waals surface area contributed by atoms with Crippen LogP contribution in [0.15, 0.2) is 66.9 Å². The van der Waals surface area contributed by atoms with E-state index in [0.29, 0.717) is 12.2 Å². The second-order valence-corrected chi connectivity index (χ2v) is 3.76. The van der Waals surface area contributed by atoms with Crippen molar-refractivity contribution in [2.75, 3.05) is 0 Å². The van der Waals surface area contributed by atoms with Crippen LogP contribution in [0.5, 0.6) is 0 Å². The van der Waals surface area contributed by atoms with Crippen LogP contribution < -0.4 is 11.5 Å². The molecule has 0 fully saturated rings. The molecule has 0 radical (unpaired) electrons. The summed E-state index contributed by atoms with van der Waals surface area (Å²) in [7, 11) is 0. The Morgan fingerprint density at radius 3 is 2.24 bits per heavy atom. The lowest BCUT2D eigenvalue weighted by molar-refractivity contribution is 1.07. The van der Waals surface area contributed by atoms with Gasteiger partial charge in [-0.05, 0) is 22.8 Å². The fraction of sp³-hybridized carbons (Fsp3) is 0.0667. The minimum atomic E-state index is 0.520. The number of allylic oxidation sites excluding steroid dienone is 4. The van der Waals surface area contributed by atoms with Crippen LogP contribution in [0.2, 0.25) is 0 Å². The van der Waals surface area contributed by atoms with Crippen LogP contribution in [-0.4, -0.2) is 0 Å². The third kappa shape index (κ3) is 5.00. The molecule has 0 bridgehead atoms. The first-order valence-corrected chi connectivity index (χ1v) is 5.40. The highest BCUT2D eigenvalue weighted by atomic mass is 14.5. The molecule has 0 amide bonds. The first-order valence-electron chi connectivity index (χ1n) is 5.40. The maximum absolute atomic E-state index is 5.53. The van der Waals surface area contributed by atoms with Gasteiger partial charge in [0, 0.05) is 12.2 Å². The predicted octanol–water partition coefficient (Wildman–Crippen LogP) is 2.74. The molecule has 1 aromatic rings. The number of benzene rings is 1. The number of hydrogen-bond donors (Lipinski definition) is 2. The zero-order chi connectivity index (χ0) is 12.7. The van der Waals surface area contributed by atoms with Crippen LogP contribution in [0.3, 0.4) is 0 Å². The summed E-state index contributed by atoms with van der Waals surface area (Å²) in [5.74, 6) is 0. The molecule has 2 heteroatoms. The molecule has 4 N–H and O–H groups in total. The van der Waals surface area contributed by atoms with Crippen LogP contribution >= 0.6 is 0 Å². The summed E-state index contributed by atoms with van der Waals surface area (Å²) in [4.78, 5) is 0. The van der Waals surface area contributed by atoms with Crippen molar-refractivity contribution in [1.82, 2.24) is 0 Å².